The van der Waals surface area contributed by atoms with Crippen molar-refractivity contribution in [3.8, 4) is 17.5 Å². The fourth-order valence-corrected chi connectivity index (χ4v) is 3.60. The van der Waals surface area contributed by atoms with Crippen molar-refractivity contribution in [2.45, 2.75) is 24.4 Å². The number of hydrogen-bond donors (Lipinski definition) is 0. The highest BCUT2D eigenvalue weighted by Gasteiger charge is 2.14. The SMILES string of the molecule is COCCn1c(SCc2ccc(C#N)cc2C)nnc1-c1ccncc1. The van der Waals surface area contributed by atoms with Crippen molar-refractivity contribution in [2.24, 2.45) is 0 Å². The number of nitriles is 1. The Balaban J connectivity index is 1.83. The first-order valence-corrected chi connectivity index (χ1v) is 9.16. The molecule has 7 heteroatoms. The van der Waals surface area contributed by atoms with E-state index in [-0.39, 0.29) is 0 Å². The molecule has 0 amide bonds. The van der Waals surface area contributed by atoms with Gasteiger partial charge in [0.25, 0.3) is 0 Å². The number of methoxy groups -OCH3 is 1. The van der Waals surface area contributed by atoms with Crippen LogP contribution in [-0.2, 0) is 17.0 Å². The second kappa shape index (κ2) is 8.61. The number of rotatable bonds is 7. The summed E-state index contributed by atoms with van der Waals surface area (Å²) in [5.74, 6) is 1.57. The van der Waals surface area contributed by atoms with Crippen LogP contribution in [0, 0.1) is 18.3 Å². The van der Waals surface area contributed by atoms with E-state index in [1.807, 2.05) is 37.3 Å². The highest BCUT2D eigenvalue weighted by Crippen LogP contribution is 2.27. The van der Waals surface area contributed by atoms with Crippen LogP contribution in [0.25, 0.3) is 11.4 Å². The topological polar surface area (TPSA) is 76.6 Å². The second-order valence-electron chi connectivity index (χ2n) is 5.73. The first-order chi connectivity index (χ1) is 12.7. The number of pyridine rings is 1. The first-order valence-electron chi connectivity index (χ1n) is 8.18. The van der Waals surface area contributed by atoms with Crippen molar-refractivity contribution < 1.29 is 4.74 Å². The predicted octanol–water partition coefficient (Wildman–Crippen LogP) is 3.46. The number of aryl methyl sites for hydroxylation is 1. The normalized spacial score (nSPS) is 10.7. The highest BCUT2D eigenvalue weighted by molar-refractivity contribution is 7.98. The van der Waals surface area contributed by atoms with Gasteiger partial charge in [-0.3, -0.25) is 9.55 Å². The molecule has 2 aromatic heterocycles. The lowest BCUT2D eigenvalue weighted by atomic mass is 10.1. The Hall–Kier alpha value is -2.69. The molecule has 0 aliphatic carbocycles. The Morgan fingerprint density at radius 1 is 1.19 bits per heavy atom. The predicted molar refractivity (Wildman–Crippen MR) is 101 cm³/mol. The van der Waals surface area contributed by atoms with Crippen LogP contribution < -0.4 is 0 Å². The molecule has 0 saturated carbocycles. The minimum Gasteiger partial charge on any atom is -0.383 e. The van der Waals surface area contributed by atoms with E-state index < -0.39 is 0 Å². The van der Waals surface area contributed by atoms with Crippen LogP contribution in [0.5, 0.6) is 0 Å². The van der Waals surface area contributed by atoms with Gasteiger partial charge in [0.15, 0.2) is 11.0 Å². The zero-order valence-electron chi connectivity index (χ0n) is 14.7. The van der Waals surface area contributed by atoms with E-state index in [9.17, 15) is 0 Å². The Labute approximate surface area is 156 Å². The van der Waals surface area contributed by atoms with Crippen LogP contribution in [-0.4, -0.2) is 33.5 Å². The maximum absolute atomic E-state index is 9.00. The molecule has 0 fully saturated rings. The molecule has 0 saturated heterocycles. The quantitative estimate of drug-likeness (QED) is 0.597. The molecule has 0 bridgehead atoms. The Morgan fingerprint density at radius 3 is 2.69 bits per heavy atom. The minimum atomic E-state index is 0.583. The molecule has 3 aromatic rings. The summed E-state index contributed by atoms with van der Waals surface area (Å²) < 4.78 is 7.31. The third-order valence-corrected chi connectivity index (χ3v) is 5.02. The van der Waals surface area contributed by atoms with Gasteiger partial charge in [0.1, 0.15) is 0 Å². The smallest absolute Gasteiger partial charge is 0.191 e. The van der Waals surface area contributed by atoms with Crippen molar-refractivity contribution in [3.05, 3.63) is 59.4 Å². The molecule has 0 aliphatic rings. The lowest BCUT2D eigenvalue weighted by Crippen LogP contribution is -2.07. The third kappa shape index (κ3) is 4.10. The van der Waals surface area contributed by atoms with Crippen molar-refractivity contribution in [1.29, 1.82) is 5.26 Å². The number of aromatic nitrogens is 4. The summed E-state index contributed by atoms with van der Waals surface area (Å²) in [6.45, 7) is 3.28. The number of nitrogens with zero attached hydrogens (tertiary/aromatic N) is 5. The molecule has 2 heterocycles. The van der Waals surface area contributed by atoms with E-state index in [2.05, 4.69) is 25.8 Å². The van der Waals surface area contributed by atoms with Gasteiger partial charge in [-0.15, -0.1) is 10.2 Å². The van der Waals surface area contributed by atoms with Gasteiger partial charge < -0.3 is 4.74 Å². The molecule has 1 aromatic carbocycles. The third-order valence-electron chi connectivity index (χ3n) is 4.00. The number of hydrogen-bond acceptors (Lipinski definition) is 6. The summed E-state index contributed by atoms with van der Waals surface area (Å²) in [6.07, 6.45) is 3.50. The van der Waals surface area contributed by atoms with E-state index in [4.69, 9.17) is 10.00 Å². The molecule has 3 rings (SSSR count). The van der Waals surface area contributed by atoms with E-state index >= 15 is 0 Å². The lowest BCUT2D eigenvalue weighted by Gasteiger charge is -2.10. The van der Waals surface area contributed by atoms with E-state index in [1.54, 1.807) is 31.3 Å². The van der Waals surface area contributed by atoms with Crippen molar-refractivity contribution in [2.75, 3.05) is 13.7 Å². The largest absolute Gasteiger partial charge is 0.383 e. The van der Waals surface area contributed by atoms with Gasteiger partial charge in [-0.1, -0.05) is 17.8 Å². The van der Waals surface area contributed by atoms with Crippen LogP contribution in [0.3, 0.4) is 0 Å². The fourth-order valence-electron chi connectivity index (χ4n) is 2.56. The van der Waals surface area contributed by atoms with E-state index in [1.165, 1.54) is 5.56 Å². The van der Waals surface area contributed by atoms with Gasteiger partial charge in [-0.05, 0) is 42.3 Å². The molecule has 0 atom stereocenters. The average molecular weight is 365 g/mol. The summed E-state index contributed by atoms with van der Waals surface area (Å²) >= 11 is 1.63. The fraction of sp³-hybridized carbons (Fsp3) is 0.263. The summed E-state index contributed by atoms with van der Waals surface area (Å²) in [6, 6.07) is 11.8. The molecule has 0 spiro atoms. The maximum atomic E-state index is 9.00. The van der Waals surface area contributed by atoms with Gasteiger partial charge in [0, 0.05) is 30.8 Å². The molecule has 0 N–H and O–H groups in total. The average Bonchev–Trinajstić information content (AvgIpc) is 3.08. The Bertz CT molecular complexity index is 917. The van der Waals surface area contributed by atoms with Gasteiger partial charge in [-0.25, -0.2) is 0 Å². The highest BCUT2D eigenvalue weighted by atomic mass is 32.2. The van der Waals surface area contributed by atoms with Crippen LogP contribution >= 0.6 is 11.8 Å². The molecule has 0 aliphatic heterocycles. The maximum Gasteiger partial charge on any atom is 0.191 e. The summed E-state index contributed by atoms with van der Waals surface area (Å²) in [4.78, 5) is 4.06. The monoisotopic (exact) mass is 365 g/mol. The molecule has 26 heavy (non-hydrogen) atoms. The Kier molecular flexibility index (Phi) is 6.00. The molecular weight excluding hydrogens is 346 g/mol. The van der Waals surface area contributed by atoms with Crippen molar-refractivity contribution in [1.82, 2.24) is 19.7 Å². The molecule has 132 valence electrons. The van der Waals surface area contributed by atoms with Crippen LogP contribution in [0.1, 0.15) is 16.7 Å². The number of thioether (sulfide) groups is 1. The summed E-state index contributed by atoms with van der Waals surface area (Å²) in [5, 5.41) is 18.6. The van der Waals surface area contributed by atoms with Crippen molar-refractivity contribution >= 4 is 11.8 Å². The van der Waals surface area contributed by atoms with Gasteiger partial charge >= 0.3 is 0 Å². The zero-order chi connectivity index (χ0) is 18.4. The number of benzene rings is 1. The molecule has 0 unspecified atom stereocenters. The second-order valence-corrected chi connectivity index (χ2v) is 6.67. The molecule has 0 radical (unpaired) electrons. The van der Waals surface area contributed by atoms with Gasteiger partial charge in [0.05, 0.1) is 24.8 Å². The van der Waals surface area contributed by atoms with Crippen LogP contribution in [0.15, 0.2) is 47.9 Å². The van der Waals surface area contributed by atoms with E-state index in [0.717, 1.165) is 27.9 Å². The van der Waals surface area contributed by atoms with Crippen LogP contribution in [0.2, 0.25) is 0 Å². The molecule has 6 nitrogen and oxygen atoms in total. The van der Waals surface area contributed by atoms with Crippen molar-refractivity contribution in [3.63, 3.8) is 0 Å². The summed E-state index contributed by atoms with van der Waals surface area (Å²) in [5.41, 5.74) is 3.94. The Morgan fingerprint density at radius 2 is 2.00 bits per heavy atom. The first kappa shape index (κ1) is 18.1. The van der Waals surface area contributed by atoms with E-state index in [0.29, 0.717) is 18.7 Å². The van der Waals surface area contributed by atoms with Crippen LogP contribution in [0.4, 0.5) is 0 Å². The van der Waals surface area contributed by atoms with Gasteiger partial charge in [-0.2, -0.15) is 5.26 Å². The van der Waals surface area contributed by atoms with Gasteiger partial charge in [0.2, 0.25) is 0 Å². The zero-order valence-corrected chi connectivity index (χ0v) is 15.5. The lowest BCUT2D eigenvalue weighted by molar-refractivity contribution is 0.185. The minimum absolute atomic E-state index is 0.583. The number of ether oxygens (including phenoxy) is 1. The summed E-state index contributed by atoms with van der Waals surface area (Å²) in [7, 11) is 1.68. The standard InChI is InChI=1S/C19H19N5OS/c1-14-11-15(12-20)3-4-17(14)13-26-19-23-22-18(24(19)9-10-25-2)16-5-7-21-8-6-16/h3-8,11H,9-10,13H2,1-2H3. The molecular formula is C19H19N5OS.